The fraction of sp³-hybridized carbons (Fsp3) is 0.958. The SMILES string of the molecule is CN(C)C(CC(C)(C)C)C(C)(C)CCC(C)(C)C(C)(C)C(=O)C(C)(C)C. The van der Waals surface area contributed by atoms with E-state index in [9.17, 15) is 4.79 Å². The number of ketones is 1. The highest BCUT2D eigenvalue weighted by atomic mass is 16.1. The van der Waals surface area contributed by atoms with Gasteiger partial charge in [-0.1, -0.05) is 83.1 Å². The lowest BCUT2D eigenvalue weighted by Gasteiger charge is -2.47. The summed E-state index contributed by atoms with van der Waals surface area (Å²) in [7, 11) is 4.41. The maximum atomic E-state index is 13.1. The largest absolute Gasteiger partial charge is 0.306 e. The standard InChI is InChI=1S/C24H49NO/c1-20(2,3)17-18(25(13)14)22(7,8)15-16-23(9,10)24(11,12)19(26)21(4,5)6/h18H,15-17H2,1-14H3. The van der Waals surface area contributed by atoms with Crippen LogP contribution in [0.25, 0.3) is 0 Å². The summed E-state index contributed by atoms with van der Waals surface area (Å²) in [5, 5.41) is 0. The van der Waals surface area contributed by atoms with E-state index in [2.05, 4.69) is 81.3 Å². The molecule has 1 unspecified atom stereocenters. The predicted octanol–water partition coefficient (Wildman–Crippen LogP) is 6.83. The summed E-state index contributed by atoms with van der Waals surface area (Å²) in [6.45, 7) is 26.8. The minimum atomic E-state index is -0.334. The molecule has 156 valence electrons. The van der Waals surface area contributed by atoms with Crippen molar-refractivity contribution in [3.05, 3.63) is 0 Å². The minimum Gasteiger partial charge on any atom is -0.306 e. The Bertz CT molecular complexity index is 469. The van der Waals surface area contributed by atoms with Crippen LogP contribution in [0.3, 0.4) is 0 Å². The molecule has 0 amide bonds. The van der Waals surface area contributed by atoms with Gasteiger partial charge in [0.25, 0.3) is 0 Å². The molecule has 0 N–H and O–H groups in total. The summed E-state index contributed by atoms with van der Waals surface area (Å²) in [4.78, 5) is 15.5. The van der Waals surface area contributed by atoms with E-state index in [1.807, 2.05) is 20.8 Å². The molecule has 0 fully saturated rings. The maximum Gasteiger partial charge on any atom is 0.144 e. The van der Waals surface area contributed by atoms with Gasteiger partial charge < -0.3 is 4.90 Å². The molecule has 0 saturated carbocycles. The molecule has 1 atom stereocenters. The molecule has 0 aromatic carbocycles. The third kappa shape index (κ3) is 6.66. The fourth-order valence-electron chi connectivity index (χ4n) is 4.10. The second-order valence-corrected chi connectivity index (χ2v) is 12.8. The Labute approximate surface area is 165 Å². The van der Waals surface area contributed by atoms with Crippen molar-refractivity contribution in [2.24, 2.45) is 27.1 Å². The molecular formula is C24H49NO. The zero-order valence-electron chi connectivity index (χ0n) is 20.6. The van der Waals surface area contributed by atoms with Crippen molar-refractivity contribution in [1.82, 2.24) is 4.90 Å². The van der Waals surface area contributed by atoms with Crippen LogP contribution in [-0.4, -0.2) is 30.8 Å². The summed E-state index contributed by atoms with van der Waals surface area (Å²) in [6, 6.07) is 0.528. The van der Waals surface area contributed by atoms with Gasteiger partial charge in [-0.05, 0) is 49.6 Å². The molecule has 0 bridgehead atoms. The van der Waals surface area contributed by atoms with E-state index >= 15 is 0 Å². The van der Waals surface area contributed by atoms with E-state index in [-0.39, 0.29) is 21.7 Å². The van der Waals surface area contributed by atoms with Crippen molar-refractivity contribution in [2.45, 2.75) is 108 Å². The van der Waals surface area contributed by atoms with Crippen molar-refractivity contribution >= 4 is 5.78 Å². The van der Waals surface area contributed by atoms with E-state index in [4.69, 9.17) is 0 Å². The molecule has 0 aromatic heterocycles. The lowest BCUT2D eigenvalue weighted by molar-refractivity contribution is -0.142. The normalized spacial score (nSPS) is 16.1. The highest BCUT2D eigenvalue weighted by molar-refractivity contribution is 5.89. The Kier molecular flexibility index (Phi) is 7.82. The number of hydrogen-bond donors (Lipinski definition) is 0. The van der Waals surface area contributed by atoms with Gasteiger partial charge in [-0.2, -0.15) is 0 Å². The van der Waals surface area contributed by atoms with E-state index in [0.29, 0.717) is 17.2 Å². The number of hydrogen-bond acceptors (Lipinski definition) is 2. The second kappa shape index (κ2) is 7.94. The average molecular weight is 368 g/mol. The Hall–Kier alpha value is -0.370. The number of Topliss-reactive ketones (excluding diaryl/α,β-unsaturated/α-hetero) is 1. The van der Waals surface area contributed by atoms with Crippen LogP contribution in [0.15, 0.2) is 0 Å². The van der Waals surface area contributed by atoms with Gasteiger partial charge in [-0.3, -0.25) is 4.79 Å². The minimum absolute atomic E-state index is 0.0345. The van der Waals surface area contributed by atoms with Crippen LogP contribution < -0.4 is 0 Å². The second-order valence-electron chi connectivity index (χ2n) is 12.8. The van der Waals surface area contributed by atoms with Gasteiger partial charge in [-0.15, -0.1) is 0 Å². The Morgan fingerprint density at radius 1 is 0.769 bits per heavy atom. The van der Waals surface area contributed by atoms with Gasteiger partial charge in [0, 0.05) is 16.9 Å². The number of nitrogens with zero attached hydrogens (tertiary/aromatic N) is 1. The fourth-order valence-corrected chi connectivity index (χ4v) is 4.10. The van der Waals surface area contributed by atoms with Gasteiger partial charge in [0.15, 0.2) is 0 Å². The molecule has 0 aromatic rings. The molecule has 0 aliphatic heterocycles. The molecule has 2 nitrogen and oxygen atoms in total. The summed E-state index contributed by atoms with van der Waals surface area (Å²) < 4.78 is 0. The summed E-state index contributed by atoms with van der Waals surface area (Å²) in [5.41, 5.74) is -0.154. The lowest BCUT2D eigenvalue weighted by Crippen LogP contribution is -2.47. The number of carbonyl (C=O) groups excluding carboxylic acids is 1. The summed E-state index contributed by atoms with van der Waals surface area (Å²) >= 11 is 0. The van der Waals surface area contributed by atoms with Gasteiger partial charge in [0.2, 0.25) is 0 Å². The lowest BCUT2D eigenvalue weighted by atomic mass is 9.57. The molecule has 0 rings (SSSR count). The Morgan fingerprint density at radius 2 is 1.19 bits per heavy atom. The van der Waals surface area contributed by atoms with E-state index in [0.717, 1.165) is 12.8 Å². The molecule has 0 aliphatic carbocycles. The molecule has 26 heavy (non-hydrogen) atoms. The van der Waals surface area contributed by atoms with Crippen molar-refractivity contribution < 1.29 is 4.79 Å². The first kappa shape index (κ1) is 25.6. The predicted molar refractivity (Wildman–Crippen MR) is 117 cm³/mol. The first-order chi connectivity index (χ1) is 11.2. The first-order valence-corrected chi connectivity index (χ1v) is 10.4. The van der Waals surface area contributed by atoms with Crippen LogP contribution in [-0.2, 0) is 4.79 Å². The smallest absolute Gasteiger partial charge is 0.144 e. The maximum absolute atomic E-state index is 13.1. The van der Waals surface area contributed by atoms with E-state index in [1.165, 1.54) is 6.42 Å². The molecular weight excluding hydrogens is 318 g/mol. The molecule has 2 heteroatoms. The van der Waals surface area contributed by atoms with Crippen LogP contribution in [0.2, 0.25) is 0 Å². The van der Waals surface area contributed by atoms with Crippen LogP contribution >= 0.6 is 0 Å². The van der Waals surface area contributed by atoms with Crippen molar-refractivity contribution in [3.63, 3.8) is 0 Å². The summed E-state index contributed by atoms with van der Waals surface area (Å²) in [5.74, 6) is 0.367. The average Bonchev–Trinajstić information content (AvgIpc) is 2.39. The van der Waals surface area contributed by atoms with Gasteiger partial charge in [0.05, 0.1) is 0 Å². The molecule has 0 heterocycles. The van der Waals surface area contributed by atoms with Crippen LogP contribution in [0.5, 0.6) is 0 Å². The molecule has 0 spiro atoms. The molecule has 0 radical (unpaired) electrons. The molecule has 0 saturated heterocycles. The topological polar surface area (TPSA) is 20.3 Å². The van der Waals surface area contributed by atoms with Gasteiger partial charge in [-0.25, -0.2) is 0 Å². The number of carbonyl (C=O) groups is 1. The van der Waals surface area contributed by atoms with Crippen molar-refractivity contribution in [1.29, 1.82) is 0 Å². The third-order valence-corrected chi connectivity index (χ3v) is 6.67. The van der Waals surface area contributed by atoms with Crippen molar-refractivity contribution in [3.8, 4) is 0 Å². The zero-order valence-corrected chi connectivity index (χ0v) is 20.6. The van der Waals surface area contributed by atoms with Crippen LogP contribution in [0.1, 0.15) is 102 Å². The van der Waals surface area contributed by atoms with Crippen molar-refractivity contribution in [2.75, 3.05) is 14.1 Å². The monoisotopic (exact) mass is 367 g/mol. The van der Waals surface area contributed by atoms with Gasteiger partial charge in [0.1, 0.15) is 5.78 Å². The highest BCUT2D eigenvalue weighted by Gasteiger charge is 2.47. The van der Waals surface area contributed by atoms with Crippen LogP contribution in [0, 0.1) is 27.1 Å². The quantitative estimate of drug-likeness (QED) is 0.469. The number of rotatable bonds is 8. The highest BCUT2D eigenvalue weighted by Crippen LogP contribution is 2.49. The van der Waals surface area contributed by atoms with Gasteiger partial charge >= 0.3 is 0 Å². The Morgan fingerprint density at radius 3 is 1.50 bits per heavy atom. The van der Waals surface area contributed by atoms with Crippen LogP contribution in [0.4, 0.5) is 0 Å². The molecule has 0 aliphatic rings. The zero-order chi connectivity index (χ0) is 21.4. The van der Waals surface area contributed by atoms with E-state index < -0.39 is 0 Å². The third-order valence-electron chi connectivity index (χ3n) is 6.67. The van der Waals surface area contributed by atoms with E-state index in [1.54, 1.807) is 0 Å². The summed E-state index contributed by atoms with van der Waals surface area (Å²) in [6.07, 6.45) is 3.36. The Balaban J connectivity index is 5.42. The first-order valence-electron chi connectivity index (χ1n) is 10.4.